The highest BCUT2D eigenvalue weighted by atomic mass is 15.1. The van der Waals surface area contributed by atoms with Gasteiger partial charge in [-0.3, -0.25) is 0 Å². The van der Waals surface area contributed by atoms with E-state index in [0.29, 0.717) is 0 Å². The third-order valence-electron chi connectivity index (χ3n) is 2.95. The summed E-state index contributed by atoms with van der Waals surface area (Å²) in [4.78, 5) is 7.78. The number of nitrogens with one attached hydrogen (secondary N) is 2. The molecule has 0 aliphatic carbocycles. The molecule has 0 atom stereocenters. The molecular weight excluding hydrogens is 222 g/mol. The zero-order chi connectivity index (χ0) is 12.5. The highest BCUT2D eigenvalue weighted by Crippen LogP contribution is 2.19. The largest absolute Gasteiger partial charge is 0.326 e. The number of anilines is 2. The number of benzene rings is 2. The van der Waals surface area contributed by atoms with E-state index in [9.17, 15) is 0 Å². The van der Waals surface area contributed by atoms with Crippen LogP contribution < -0.4 is 5.32 Å². The quantitative estimate of drug-likeness (QED) is 0.709. The molecule has 0 aliphatic rings. The van der Waals surface area contributed by atoms with Gasteiger partial charge in [-0.25, -0.2) is 4.98 Å². The summed E-state index contributed by atoms with van der Waals surface area (Å²) < 4.78 is 0. The summed E-state index contributed by atoms with van der Waals surface area (Å²) in [6.45, 7) is 4.15. The summed E-state index contributed by atoms with van der Waals surface area (Å²) in [5, 5.41) is 3.27. The number of H-pyrrole nitrogens is 1. The van der Waals surface area contributed by atoms with Gasteiger partial charge in [-0.05, 0) is 43.7 Å². The molecule has 0 unspecified atom stereocenters. The second-order valence-corrected chi connectivity index (χ2v) is 4.60. The summed E-state index contributed by atoms with van der Waals surface area (Å²) in [6.07, 6.45) is 0. The maximum atomic E-state index is 4.50. The van der Waals surface area contributed by atoms with Gasteiger partial charge >= 0.3 is 0 Å². The summed E-state index contributed by atoms with van der Waals surface area (Å²) in [5.74, 6) is 0.777. The fraction of sp³-hybridized carbons (Fsp3) is 0.133. The minimum Gasteiger partial charge on any atom is -0.326 e. The molecule has 3 nitrogen and oxygen atoms in total. The molecular formula is C15H15N3. The van der Waals surface area contributed by atoms with Crippen molar-refractivity contribution in [2.75, 3.05) is 5.32 Å². The van der Waals surface area contributed by atoms with Crippen LogP contribution in [0.5, 0.6) is 0 Å². The Morgan fingerprint density at radius 1 is 0.944 bits per heavy atom. The van der Waals surface area contributed by atoms with Crippen LogP contribution in [0.15, 0.2) is 42.5 Å². The number of imidazole rings is 1. The average molecular weight is 237 g/mol. The first-order valence-electron chi connectivity index (χ1n) is 6.01. The van der Waals surface area contributed by atoms with E-state index in [1.165, 1.54) is 11.1 Å². The van der Waals surface area contributed by atoms with Crippen molar-refractivity contribution in [2.45, 2.75) is 13.8 Å². The molecule has 1 aromatic heterocycles. The van der Waals surface area contributed by atoms with E-state index in [2.05, 4.69) is 53.4 Å². The minimum absolute atomic E-state index is 0.777. The maximum Gasteiger partial charge on any atom is 0.205 e. The number of rotatable bonds is 2. The fourth-order valence-corrected chi connectivity index (χ4v) is 1.96. The highest BCUT2D eigenvalue weighted by molar-refractivity contribution is 5.79. The van der Waals surface area contributed by atoms with E-state index in [0.717, 1.165) is 22.7 Å². The Morgan fingerprint density at radius 3 is 2.44 bits per heavy atom. The van der Waals surface area contributed by atoms with Crippen molar-refractivity contribution in [3.05, 3.63) is 53.6 Å². The van der Waals surface area contributed by atoms with Crippen molar-refractivity contribution < 1.29 is 0 Å². The number of aryl methyl sites for hydroxylation is 2. The van der Waals surface area contributed by atoms with E-state index in [1.54, 1.807) is 0 Å². The summed E-state index contributed by atoms with van der Waals surface area (Å²) in [5.41, 5.74) is 5.56. The Hall–Kier alpha value is -2.29. The third-order valence-corrected chi connectivity index (χ3v) is 2.95. The topological polar surface area (TPSA) is 40.7 Å². The lowest BCUT2D eigenvalue weighted by Gasteiger charge is -2.02. The van der Waals surface area contributed by atoms with Crippen molar-refractivity contribution in [3.63, 3.8) is 0 Å². The second kappa shape index (κ2) is 4.18. The Bertz CT molecular complexity index is 681. The Kier molecular flexibility index (Phi) is 2.52. The van der Waals surface area contributed by atoms with Crippen molar-refractivity contribution in [3.8, 4) is 0 Å². The maximum absolute atomic E-state index is 4.50. The third kappa shape index (κ3) is 2.07. The molecule has 0 bridgehead atoms. The smallest absolute Gasteiger partial charge is 0.205 e. The standard InChI is InChI=1S/C15H15N3/c1-10-3-6-12(7-4-10)16-15-17-13-8-5-11(2)9-14(13)18-15/h3-9H,1-2H3,(H2,16,17,18). The van der Waals surface area contributed by atoms with Crippen LogP contribution in [-0.2, 0) is 0 Å². The molecule has 0 saturated heterocycles. The fourth-order valence-electron chi connectivity index (χ4n) is 1.96. The molecule has 0 amide bonds. The lowest BCUT2D eigenvalue weighted by molar-refractivity contribution is 1.31. The molecule has 0 radical (unpaired) electrons. The van der Waals surface area contributed by atoms with Gasteiger partial charge in [0.2, 0.25) is 5.95 Å². The molecule has 3 heteroatoms. The van der Waals surface area contributed by atoms with E-state index in [-0.39, 0.29) is 0 Å². The average Bonchev–Trinajstić information content (AvgIpc) is 2.73. The van der Waals surface area contributed by atoms with Gasteiger partial charge in [0, 0.05) is 5.69 Å². The summed E-state index contributed by atoms with van der Waals surface area (Å²) in [6, 6.07) is 14.5. The van der Waals surface area contributed by atoms with E-state index in [4.69, 9.17) is 0 Å². The zero-order valence-corrected chi connectivity index (χ0v) is 10.5. The molecule has 3 rings (SSSR count). The number of nitrogens with zero attached hydrogens (tertiary/aromatic N) is 1. The van der Waals surface area contributed by atoms with Crippen LogP contribution in [0.4, 0.5) is 11.6 Å². The molecule has 2 N–H and O–H groups in total. The molecule has 0 saturated carbocycles. The number of aromatic nitrogens is 2. The van der Waals surface area contributed by atoms with Crippen LogP contribution in [0, 0.1) is 13.8 Å². The first-order valence-corrected chi connectivity index (χ1v) is 6.01. The molecule has 0 aliphatic heterocycles. The number of aromatic amines is 1. The lowest BCUT2D eigenvalue weighted by Crippen LogP contribution is -1.91. The lowest BCUT2D eigenvalue weighted by atomic mass is 10.2. The second-order valence-electron chi connectivity index (χ2n) is 4.60. The molecule has 3 aromatic rings. The molecule has 18 heavy (non-hydrogen) atoms. The van der Waals surface area contributed by atoms with Crippen molar-refractivity contribution in [2.24, 2.45) is 0 Å². The van der Waals surface area contributed by atoms with E-state index < -0.39 is 0 Å². The zero-order valence-electron chi connectivity index (χ0n) is 10.5. The normalized spacial score (nSPS) is 10.8. The SMILES string of the molecule is Cc1ccc(Nc2nc3ccc(C)cc3[nH]2)cc1. The molecule has 0 spiro atoms. The van der Waals surface area contributed by atoms with E-state index >= 15 is 0 Å². The predicted molar refractivity (Wildman–Crippen MR) is 75.3 cm³/mol. The number of fused-ring (bicyclic) bond motifs is 1. The van der Waals surface area contributed by atoms with Crippen LogP contribution in [0.3, 0.4) is 0 Å². The van der Waals surface area contributed by atoms with Crippen LogP contribution in [0.1, 0.15) is 11.1 Å². The Labute approximate surface area is 106 Å². The van der Waals surface area contributed by atoms with Gasteiger partial charge in [-0.15, -0.1) is 0 Å². The van der Waals surface area contributed by atoms with Gasteiger partial charge in [0.15, 0.2) is 0 Å². The number of hydrogen-bond donors (Lipinski definition) is 2. The van der Waals surface area contributed by atoms with Crippen molar-refractivity contribution in [1.29, 1.82) is 0 Å². The van der Waals surface area contributed by atoms with Gasteiger partial charge in [-0.1, -0.05) is 23.8 Å². The Morgan fingerprint density at radius 2 is 1.67 bits per heavy atom. The molecule has 1 heterocycles. The van der Waals surface area contributed by atoms with Crippen LogP contribution >= 0.6 is 0 Å². The van der Waals surface area contributed by atoms with Gasteiger partial charge in [0.25, 0.3) is 0 Å². The predicted octanol–water partition coefficient (Wildman–Crippen LogP) is 3.92. The van der Waals surface area contributed by atoms with Gasteiger partial charge < -0.3 is 10.3 Å². The van der Waals surface area contributed by atoms with Crippen LogP contribution in [0.25, 0.3) is 11.0 Å². The Balaban J connectivity index is 1.92. The molecule has 90 valence electrons. The number of hydrogen-bond acceptors (Lipinski definition) is 2. The summed E-state index contributed by atoms with van der Waals surface area (Å²) >= 11 is 0. The molecule has 2 aromatic carbocycles. The minimum atomic E-state index is 0.777. The first-order chi connectivity index (χ1) is 8.70. The van der Waals surface area contributed by atoms with Crippen molar-refractivity contribution >= 4 is 22.7 Å². The monoisotopic (exact) mass is 237 g/mol. The van der Waals surface area contributed by atoms with Gasteiger partial charge in [-0.2, -0.15) is 0 Å². The van der Waals surface area contributed by atoms with Crippen LogP contribution in [-0.4, -0.2) is 9.97 Å². The molecule has 0 fully saturated rings. The van der Waals surface area contributed by atoms with Crippen LogP contribution in [0.2, 0.25) is 0 Å². The van der Waals surface area contributed by atoms with Gasteiger partial charge in [0.1, 0.15) is 0 Å². The first kappa shape index (κ1) is 10.8. The summed E-state index contributed by atoms with van der Waals surface area (Å²) in [7, 11) is 0. The van der Waals surface area contributed by atoms with Crippen molar-refractivity contribution in [1.82, 2.24) is 9.97 Å². The highest BCUT2D eigenvalue weighted by Gasteiger charge is 2.02. The van der Waals surface area contributed by atoms with E-state index in [1.807, 2.05) is 18.2 Å². The van der Waals surface area contributed by atoms with Gasteiger partial charge in [0.05, 0.1) is 11.0 Å².